The Labute approximate surface area is 196 Å². The predicted molar refractivity (Wildman–Crippen MR) is 119 cm³/mol. The highest BCUT2D eigenvalue weighted by Crippen LogP contribution is 2.40. The molecule has 1 fully saturated rings. The Kier molecular flexibility index (Phi) is 7.55. The summed E-state index contributed by atoms with van der Waals surface area (Å²) in [7, 11) is 1.44. The Hall–Kier alpha value is -3.07. The Bertz CT molecular complexity index is 1060. The normalized spacial score (nSPS) is 14.4. The number of ether oxygens (including phenoxy) is 2. The van der Waals surface area contributed by atoms with E-state index in [2.05, 4.69) is 0 Å². The number of carbonyl (C=O) groups excluding carboxylic acids is 2. The highest BCUT2D eigenvalue weighted by Gasteiger charge is 2.50. The van der Waals surface area contributed by atoms with Gasteiger partial charge in [-0.05, 0) is 67.6 Å². The van der Waals surface area contributed by atoms with Crippen molar-refractivity contribution in [3.8, 4) is 16.9 Å². The summed E-state index contributed by atoms with van der Waals surface area (Å²) < 4.78 is 51.0. The van der Waals surface area contributed by atoms with Crippen LogP contribution in [0.1, 0.15) is 43.4 Å². The smallest absolute Gasteiger partial charge is 0.416 e. The van der Waals surface area contributed by atoms with E-state index in [9.17, 15) is 27.9 Å². The fourth-order valence-corrected chi connectivity index (χ4v) is 3.78. The lowest BCUT2D eigenvalue weighted by Gasteiger charge is -2.26. The third-order valence-electron chi connectivity index (χ3n) is 5.79. The van der Waals surface area contributed by atoms with E-state index in [1.54, 1.807) is 32.0 Å². The van der Waals surface area contributed by atoms with Crippen LogP contribution in [0.25, 0.3) is 11.1 Å². The van der Waals surface area contributed by atoms with Gasteiger partial charge in [0.1, 0.15) is 11.4 Å². The van der Waals surface area contributed by atoms with E-state index in [4.69, 9.17) is 9.47 Å². The van der Waals surface area contributed by atoms with Gasteiger partial charge in [0.15, 0.2) is 0 Å². The number of aliphatic hydroxyl groups is 1. The molecule has 1 aliphatic carbocycles. The van der Waals surface area contributed by atoms with Crippen molar-refractivity contribution in [2.24, 2.45) is 0 Å². The Morgan fingerprint density at radius 3 is 2.35 bits per heavy atom. The van der Waals surface area contributed by atoms with E-state index in [1.807, 2.05) is 0 Å². The highest BCUT2D eigenvalue weighted by atomic mass is 19.4. The van der Waals surface area contributed by atoms with Gasteiger partial charge in [-0.25, -0.2) is 0 Å². The minimum absolute atomic E-state index is 0.00654. The first-order valence-electron chi connectivity index (χ1n) is 11.1. The van der Waals surface area contributed by atoms with Gasteiger partial charge in [0, 0.05) is 18.7 Å². The molecule has 1 aliphatic rings. The van der Waals surface area contributed by atoms with Crippen molar-refractivity contribution in [1.29, 1.82) is 0 Å². The number of carbonyl (C=O) groups is 2. The third-order valence-corrected chi connectivity index (χ3v) is 5.79. The summed E-state index contributed by atoms with van der Waals surface area (Å²) >= 11 is 0. The van der Waals surface area contributed by atoms with Gasteiger partial charge in [0.25, 0.3) is 5.91 Å². The number of hydrogen-bond acceptors (Lipinski definition) is 5. The van der Waals surface area contributed by atoms with Gasteiger partial charge in [-0.2, -0.15) is 13.2 Å². The van der Waals surface area contributed by atoms with E-state index >= 15 is 0 Å². The van der Waals surface area contributed by atoms with Gasteiger partial charge >= 0.3 is 12.1 Å². The van der Waals surface area contributed by atoms with E-state index in [1.165, 1.54) is 18.1 Å². The molecule has 2 aromatic carbocycles. The number of esters is 1. The molecule has 0 unspecified atom stereocenters. The summed E-state index contributed by atoms with van der Waals surface area (Å²) in [6.07, 6.45) is -3.91. The number of hydrogen-bond donors (Lipinski definition) is 1. The average molecular weight is 479 g/mol. The molecular formula is C25H28F3NO5. The van der Waals surface area contributed by atoms with Crippen molar-refractivity contribution in [2.45, 2.75) is 51.4 Å². The lowest BCUT2D eigenvalue weighted by molar-refractivity contribution is -0.143. The number of halogens is 3. The van der Waals surface area contributed by atoms with Crippen LogP contribution in [0.2, 0.25) is 0 Å². The van der Waals surface area contributed by atoms with E-state index in [-0.39, 0.29) is 31.7 Å². The van der Waals surface area contributed by atoms with Crippen molar-refractivity contribution < 1.29 is 37.3 Å². The summed E-state index contributed by atoms with van der Waals surface area (Å²) in [5.74, 6) is -0.517. The predicted octanol–water partition coefficient (Wildman–Crippen LogP) is 4.36. The molecule has 0 aliphatic heterocycles. The summed E-state index contributed by atoms with van der Waals surface area (Å²) in [4.78, 5) is 26.0. The second kappa shape index (κ2) is 10.0. The number of nitrogens with zero attached hydrogens (tertiary/aromatic N) is 1. The quantitative estimate of drug-likeness (QED) is 0.541. The first-order chi connectivity index (χ1) is 16.0. The van der Waals surface area contributed by atoms with E-state index in [0.717, 1.165) is 12.1 Å². The van der Waals surface area contributed by atoms with Crippen LogP contribution < -0.4 is 4.74 Å². The summed E-state index contributed by atoms with van der Waals surface area (Å²) in [6.45, 7) is 3.74. The monoisotopic (exact) mass is 479 g/mol. The molecule has 0 heterocycles. The zero-order valence-electron chi connectivity index (χ0n) is 19.4. The van der Waals surface area contributed by atoms with Gasteiger partial charge in [-0.1, -0.05) is 12.1 Å². The molecule has 3 rings (SSSR count). The van der Waals surface area contributed by atoms with Crippen LogP contribution in [-0.2, 0) is 33.5 Å². The lowest BCUT2D eigenvalue weighted by Crippen LogP contribution is -2.40. The number of alkyl halides is 3. The van der Waals surface area contributed by atoms with Gasteiger partial charge < -0.3 is 19.5 Å². The average Bonchev–Trinajstić information content (AvgIpc) is 3.55. The van der Waals surface area contributed by atoms with Crippen LogP contribution in [0.4, 0.5) is 13.2 Å². The fraction of sp³-hybridized carbons (Fsp3) is 0.440. The molecule has 0 atom stereocenters. The number of methoxy groups -OCH3 is 1. The molecule has 34 heavy (non-hydrogen) atoms. The topological polar surface area (TPSA) is 76.1 Å². The molecule has 0 saturated heterocycles. The molecule has 0 aromatic heterocycles. The second-order valence-electron chi connectivity index (χ2n) is 8.24. The SMILES string of the molecule is CCOC(=O)Cc1ccc(OC)c(-c2ccc(C(F)(F)F)cc2CN(CC)C(=O)C2(O)CC2)c1. The molecule has 1 saturated carbocycles. The largest absolute Gasteiger partial charge is 0.496 e. The maximum absolute atomic E-state index is 13.5. The van der Waals surface area contributed by atoms with Crippen LogP contribution in [0.5, 0.6) is 5.75 Å². The molecule has 1 amide bonds. The Morgan fingerprint density at radius 1 is 1.09 bits per heavy atom. The minimum atomic E-state index is -4.57. The van der Waals surface area contributed by atoms with Crippen molar-refractivity contribution in [3.05, 3.63) is 53.1 Å². The number of likely N-dealkylation sites (N-methyl/N-ethyl adjacent to an activating group) is 1. The summed E-state index contributed by atoms with van der Waals surface area (Å²) in [6, 6.07) is 8.33. The second-order valence-corrected chi connectivity index (χ2v) is 8.24. The molecule has 184 valence electrons. The molecular weight excluding hydrogens is 451 g/mol. The molecule has 0 bridgehead atoms. The summed E-state index contributed by atoms with van der Waals surface area (Å²) in [5, 5.41) is 10.3. The van der Waals surface area contributed by atoms with E-state index in [0.29, 0.717) is 35.3 Å². The van der Waals surface area contributed by atoms with Gasteiger partial charge in [0.2, 0.25) is 0 Å². The van der Waals surface area contributed by atoms with Crippen molar-refractivity contribution in [2.75, 3.05) is 20.3 Å². The van der Waals surface area contributed by atoms with Crippen LogP contribution in [0, 0.1) is 0 Å². The summed E-state index contributed by atoms with van der Waals surface area (Å²) in [5.41, 5.74) is -0.501. The molecule has 9 heteroatoms. The maximum Gasteiger partial charge on any atom is 0.416 e. The van der Waals surface area contributed by atoms with Gasteiger partial charge in [0.05, 0.1) is 25.7 Å². The van der Waals surface area contributed by atoms with Crippen molar-refractivity contribution in [3.63, 3.8) is 0 Å². The maximum atomic E-state index is 13.5. The Morgan fingerprint density at radius 2 is 1.79 bits per heavy atom. The third kappa shape index (κ3) is 5.70. The number of amides is 1. The zero-order chi connectivity index (χ0) is 25.1. The Balaban J connectivity index is 2.08. The molecule has 1 N–H and O–H groups in total. The van der Waals surface area contributed by atoms with Crippen LogP contribution in [0.3, 0.4) is 0 Å². The van der Waals surface area contributed by atoms with Crippen LogP contribution >= 0.6 is 0 Å². The molecule has 0 radical (unpaired) electrons. The van der Waals surface area contributed by atoms with Gasteiger partial charge in [-0.3, -0.25) is 9.59 Å². The lowest BCUT2D eigenvalue weighted by atomic mass is 9.94. The van der Waals surface area contributed by atoms with E-state index < -0.39 is 29.2 Å². The fourth-order valence-electron chi connectivity index (χ4n) is 3.78. The van der Waals surface area contributed by atoms with Crippen molar-refractivity contribution >= 4 is 11.9 Å². The van der Waals surface area contributed by atoms with Crippen molar-refractivity contribution in [1.82, 2.24) is 4.90 Å². The highest BCUT2D eigenvalue weighted by molar-refractivity contribution is 5.88. The van der Waals surface area contributed by atoms with Gasteiger partial charge in [-0.15, -0.1) is 0 Å². The molecule has 0 spiro atoms. The standard InChI is InChI=1S/C25H28F3NO5/c1-4-29(23(31)24(32)10-11-24)15-17-14-18(25(26,27)28)7-8-19(17)20-12-16(6-9-21(20)33-3)13-22(30)34-5-2/h6-9,12,14,32H,4-5,10-11,13,15H2,1-3H3. The van der Waals surface area contributed by atoms with Crippen LogP contribution in [-0.4, -0.2) is 47.7 Å². The first kappa shape index (κ1) is 25.6. The first-order valence-corrected chi connectivity index (χ1v) is 11.1. The number of benzene rings is 2. The minimum Gasteiger partial charge on any atom is -0.496 e. The van der Waals surface area contributed by atoms with Crippen LogP contribution in [0.15, 0.2) is 36.4 Å². The zero-order valence-corrected chi connectivity index (χ0v) is 19.4. The number of rotatable bonds is 9. The molecule has 6 nitrogen and oxygen atoms in total. The molecule has 2 aromatic rings.